The van der Waals surface area contributed by atoms with E-state index < -0.39 is 17.3 Å². The zero-order valence-electron chi connectivity index (χ0n) is 17.6. The Morgan fingerprint density at radius 2 is 2.03 bits per heavy atom. The Morgan fingerprint density at radius 1 is 1.26 bits per heavy atom. The fraction of sp³-hybridized carbons (Fsp3) is 0.391. The Labute approximate surface area is 178 Å². The first-order chi connectivity index (χ1) is 14.7. The van der Waals surface area contributed by atoms with Crippen LogP contribution in [-0.4, -0.2) is 31.8 Å². The average Bonchev–Trinajstić information content (AvgIpc) is 3.29. The van der Waals surface area contributed by atoms with E-state index >= 15 is 0 Å². The van der Waals surface area contributed by atoms with E-state index in [9.17, 15) is 18.0 Å². The molecule has 1 aliphatic heterocycles. The number of aromatic nitrogens is 3. The third kappa shape index (κ3) is 4.04. The molecular formula is C23H25F3N4O. The van der Waals surface area contributed by atoms with Crippen LogP contribution in [0.1, 0.15) is 35.4 Å². The minimum atomic E-state index is -4.61. The molecule has 4 rings (SSSR count). The molecule has 3 aromatic rings. The zero-order chi connectivity index (χ0) is 22.3. The van der Waals surface area contributed by atoms with Gasteiger partial charge in [-0.3, -0.25) is 9.69 Å². The summed E-state index contributed by atoms with van der Waals surface area (Å²) in [5.41, 5.74) is 1.68. The normalized spacial score (nSPS) is 17.5. The second-order valence-corrected chi connectivity index (χ2v) is 8.17. The van der Waals surface area contributed by atoms with Crippen LogP contribution in [0.5, 0.6) is 0 Å². The molecule has 0 amide bonds. The van der Waals surface area contributed by atoms with E-state index in [0.717, 1.165) is 42.3 Å². The van der Waals surface area contributed by atoms with Crippen molar-refractivity contribution in [2.24, 2.45) is 0 Å². The summed E-state index contributed by atoms with van der Waals surface area (Å²) >= 11 is 0. The smallest absolute Gasteiger partial charge is 0.335 e. The van der Waals surface area contributed by atoms with Gasteiger partial charge in [0.15, 0.2) is 5.43 Å². The molecular weight excluding hydrogens is 405 g/mol. The Balaban J connectivity index is 1.72. The van der Waals surface area contributed by atoms with Gasteiger partial charge in [0.05, 0.1) is 11.7 Å². The van der Waals surface area contributed by atoms with E-state index in [0.29, 0.717) is 17.4 Å². The van der Waals surface area contributed by atoms with Crippen LogP contribution in [-0.2, 0) is 19.3 Å². The molecule has 0 aliphatic carbocycles. The summed E-state index contributed by atoms with van der Waals surface area (Å²) in [6.07, 6.45) is 0.516. The maximum atomic E-state index is 13.9. The van der Waals surface area contributed by atoms with Crippen LogP contribution in [0.25, 0.3) is 17.1 Å². The van der Waals surface area contributed by atoms with E-state index in [1.165, 1.54) is 4.57 Å². The molecule has 3 heterocycles. The maximum absolute atomic E-state index is 13.9. The van der Waals surface area contributed by atoms with Crippen molar-refractivity contribution in [3.05, 3.63) is 69.8 Å². The van der Waals surface area contributed by atoms with Gasteiger partial charge in [-0.2, -0.15) is 18.3 Å². The van der Waals surface area contributed by atoms with Crippen molar-refractivity contribution in [1.29, 1.82) is 0 Å². The zero-order valence-corrected chi connectivity index (χ0v) is 17.6. The van der Waals surface area contributed by atoms with Gasteiger partial charge in [-0.1, -0.05) is 18.2 Å². The fourth-order valence-electron chi connectivity index (χ4n) is 4.46. The van der Waals surface area contributed by atoms with Crippen molar-refractivity contribution < 1.29 is 13.2 Å². The van der Waals surface area contributed by atoms with Crippen LogP contribution >= 0.6 is 0 Å². The van der Waals surface area contributed by atoms with Gasteiger partial charge in [0.2, 0.25) is 0 Å². The number of halogens is 3. The van der Waals surface area contributed by atoms with Crippen LogP contribution in [0.15, 0.2) is 41.8 Å². The molecule has 0 unspecified atom stereocenters. The molecule has 1 atom stereocenters. The summed E-state index contributed by atoms with van der Waals surface area (Å²) in [4.78, 5) is 14.6. The SMILES string of the molecule is C=Cn1ncc(CN2CCC[C@H]2Cn2c(C(F)(F)F)cc(=O)c3cc(C)ccc32)c1C. The molecule has 1 saturated heterocycles. The van der Waals surface area contributed by atoms with Gasteiger partial charge in [0, 0.05) is 48.0 Å². The second kappa shape index (κ2) is 8.00. The summed E-state index contributed by atoms with van der Waals surface area (Å²) < 4.78 is 44.5. The van der Waals surface area contributed by atoms with E-state index in [2.05, 4.69) is 16.6 Å². The van der Waals surface area contributed by atoms with Crippen molar-refractivity contribution in [2.75, 3.05) is 6.54 Å². The average molecular weight is 430 g/mol. The monoisotopic (exact) mass is 430 g/mol. The van der Waals surface area contributed by atoms with Crippen molar-refractivity contribution in [3.63, 3.8) is 0 Å². The largest absolute Gasteiger partial charge is 0.431 e. The van der Waals surface area contributed by atoms with Crippen molar-refractivity contribution in [3.8, 4) is 0 Å². The second-order valence-electron chi connectivity index (χ2n) is 8.17. The summed E-state index contributed by atoms with van der Waals surface area (Å²) in [6.45, 7) is 9.10. The lowest BCUT2D eigenvalue weighted by atomic mass is 10.1. The van der Waals surface area contributed by atoms with E-state index in [4.69, 9.17) is 0 Å². The quantitative estimate of drug-likeness (QED) is 0.594. The maximum Gasteiger partial charge on any atom is 0.431 e. The van der Waals surface area contributed by atoms with Crippen LogP contribution in [0, 0.1) is 13.8 Å². The molecule has 0 radical (unpaired) electrons. The number of nitrogens with zero attached hydrogens (tertiary/aromatic N) is 4. The summed E-state index contributed by atoms with van der Waals surface area (Å²) in [6, 6.07) is 5.70. The molecule has 8 heteroatoms. The topological polar surface area (TPSA) is 43.1 Å². The van der Waals surface area contributed by atoms with Gasteiger partial charge < -0.3 is 4.57 Å². The van der Waals surface area contributed by atoms with Gasteiger partial charge in [0.25, 0.3) is 0 Å². The van der Waals surface area contributed by atoms with Crippen molar-refractivity contribution >= 4 is 17.1 Å². The van der Waals surface area contributed by atoms with E-state index in [1.807, 2.05) is 13.8 Å². The molecule has 1 fully saturated rings. The van der Waals surface area contributed by atoms with Crippen molar-refractivity contribution in [2.45, 2.75) is 52.0 Å². The highest BCUT2D eigenvalue weighted by Gasteiger charge is 2.36. The number of hydrogen-bond donors (Lipinski definition) is 0. The first kappa shape index (κ1) is 21.4. The van der Waals surface area contributed by atoms with Gasteiger partial charge in [0.1, 0.15) is 5.69 Å². The third-order valence-electron chi connectivity index (χ3n) is 6.14. The predicted molar refractivity (Wildman–Crippen MR) is 115 cm³/mol. The number of likely N-dealkylation sites (tertiary alicyclic amines) is 1. The molecule has 0 N–H and O–H groups in total. The van der Waals surface area contributed by atoms with E-state index in [-0.39, 0.29) is 12.6 Å². The summed E-state index contributed by atoms with van der Waals surface area (Å²) in [5.74, 6) is 0. The molecule has 1 aromatic carbocycles. The fourth-order valence-corrected chi connectivity index (χ4v) is 4.46. The van der Waals surface area contributed by atoms with Gasteiger partial charge >= 0.3 is 6.18 Å². The third-order valence-corrected chi connectivity index (χ3v) is 6.14. The summed E-state index contributed by atoms with van der Waals surface area (Å²) in [5, 5.41) is 4.59. The highest BCUT2D eigenvalue weighted by molar-refractivity contribution is 5.80. The number of fused-ring (bicyclic) bond motifs is 1. The molecule has 2 aromatic heterocycles. The Morgan fingerprint density at radius 3 is 2.71 bits per heavy atom. The standard InChI is InChI=1S/C23H25F3N4O/c1-4-30-16(3)17(12-27-30)13-28-9-5-6-18(28)14-29-20-8-7-15(2)10-19(20)21(31)11-22(29)23(24,25)26/h4,7-8,10-12,18H,1,5-6,9,13-14H2,2-3H3/t18-/m0/s1. The molecule has 31 heavy (non-hydrogen) atoms. The number of pyridine rings is 1. The number of aryl methyl sites for hydroxylation is 1. The Bertz CT molecular complexity index is 1190. The van der Waals surface area contributed by atoms with Crippen LogP contribution in [0.2, 0.25) is 0 Å². The van der Waals surface area contributed by atoms with Crippen LogP contribution < -0.4 is 5.43 Å². The molecule has 0 saturated carbocycles. The van der Waals surface area contributed by atoms with E-state index in [1.54, 1.807) is 35.3 Å². The number of hydrogen-bond acceptors (Lipinski definition) is 3. The summed E-state index contributed by atoms with van der Waals surface area (Å²) in [7, 11) is 0. The lowest BCUT2D eigenvalue weighted by molar-refractivity contribution is -0.144. The van der Waals surface area contributed by atoms with Gasteiger partial charge in [-0.05, 0) is 45.4 Å². The lowest BCUT2D eigenvalue weighted by Gasteiger charge is -2.28. The highest BCUT2D eigenvalue weighted by atomic mass is 19.4. The minimum absolute atomic E-state index is 0.0698. The van der Waals surface area contributed by atoms with Gasteiger partial charge in [-0.25, -0.2) is 4.68 Å². The van der Waals surface area contributed by atoms with Crippen molar-refractivity contribution in [1.82, 2.24) is 19.2 Å². The number of alkyl halides is 3. The minimum Gasteiger partial charge on any atom is -0.335 e. The highest BCUT2D eigenvalue weighted by Crippen LogP contribution is 2.32. The number of rotatable bonds is 5. The molecule has 164 valence electrons. The lowest BCUT2D eigenvalue weighted by Crippen LogP contribution is -2.35. The Kier molecular flexibility index (Phi) is 5.51. The van der Waals surface area contributed by atoms with Crippen LogP contribution in [0.4, 0.5) is 13.2 Å². The molecule has 1 aliphatic rings. The predicted octanol–water partition coefficient (Wildman–Crippen LogP) is 4.60. The first-order valence-corrected chi connectivity index (χ1v) is 10.3. The molecule has 5 nitrogen and oxygen atoms in total. The molecule has 0 spiro atoms. The van der Waals surface area contributed by atoms with Crippen LogP contribution in [0.3, 0.4) is 0 Å². The Hall–Kier alpha value is -2.87. The first-order valence-electron chi connectivity index (χ1n) is 10.3. The van der Waals surface area contributed by atoms with Gasteiger partial charge in [-0.15, -0.1) is 0 Å². The molecule has 0 bridgehead atoms. The number of benzene rings is 1.